The van der Waals surface area contributed by atoms with Gasteiger partial charge in [0, 0.05) is 31.8 Å². The topological polar surface area (TPSA) is 95.7 Å². The number of nitro benzene ring substituents is 1. The van der Waals surface area contributed by atoms with Gasteiger partial charge in [0.2, 0.25) is 0 Å². The van der Waals surface area contributed by atoms with Crippen LogP contribution in [-0.4, -0.2) is 41.7 Å². The van der Waals surface area contributed by atoms with Crippen LogP contribution >= 0.6 is 0 Å². The van der Waals surface area contributed by atoms with Crippen molar-refractivity contribution in [1.82, 2.24) is 5.32 Å². The fourth-order valence-electron chi connectivity index (χ4n) is 2.16. The molecule has 0 unspecified atom stereocenters. The second kappa shape index (κ2) is 4.51. The monoisotopic (exact) mass is 265 g/mol. The van der Waals surface area contributed by atoms with Gasteiger partial charge < -0.3 is 15.3 Å². The number of β-amino-alcohol motifs (C(OH)–C–C–N with tert-alkyl or cyclic N) is 1. The molecule has 0 aromatic heterocycles. The molecule has 1 aliphatic rings. The lowest BCUT2D eigenvalue weighted by Crippen LogP contribution is -2.60. The van der Waals surface area contributed by atoms with Crippen molar-refractivity contribution in [3.63, 3.8) is 0 Å². The lowest BCUT2D eigenvalue weighted by atomic mass is 9.95. The first kappa shape index (κ1) is 13.3. The van der Waals surface area contributed by atoms with Crippen LogP contribution in [0.3, 0.4) is 0 Å². The number of carbonyl (C=O) groups is 1. The third-order valence-corrected chi connectivity index (χ3v) is 3.07. The number of hydrogen-bond donors (Lipinski definition) is 2. The molecule has 1 aromatic carbocycles. The number of benzene rings is 1. The molecule has 1 fully saturated rings. The van der Waals surface area contributed by atoms with E-state index in [0.29, 0.717) is 24.3 Å². The molecule has 1 saturated heterocycles. The largest absolute Gasteiger partial charge is 0.386 e. The Labute approximate surface area is 110 Å². The molecule has 0 spiro atoms. The maximum atomic E-state index is 11.6. The van der Waals surface area contributed by atoms with E-state index in [1.54, 1.807) is 11.8 Å². The zero-order chi connectivity index (χ0) is 14.2. The Balaban J connectivity index is 2.38. The lowest BCUT2D eigenvalue weighted by Gasteiger charge is -2.45. The lowest BCUT2D eigenvalue weighted by molar-refractivity contribution is -0.384. The zero-order valence-electron chi connectivity index (χ0n) is 10.7. The summed E-state index contributed by atoms with van der Waals surface area (Å²) >= 11 is 0. The quantitative estimate of drug-likeness (QED) is 0.613. The Morgan fingerprint density at radius 3 is 2.63 bits per heavy atom. The molecule has 1 aliphatic heterocycles. The molecule has 1 amide bonds. The van der Waals surface area contributed by atoms with Gasteiger partial charge in [0.1, 0.15) is 5.69 Å². The van der Waals surface area contributed by atoms with E-state index >= 15 is 0 Å². The van der Waals surface area contributed by atoms with Crippen molar-refractivity contribution in [3.05, 3.63) is 33.9 Å². The fraction of sp³-hybridized carbons (Fsp3) is 0.417. The van der Waals surface area contributed by atoms with Gasteiger partial charge in [0.05, 0.1) is 10.5 Å². The van der Waals surface area contributed by atoms with Crippen molar-refractivity contribution in [2.45, 2.75) is 12.5 Å². The minimum Gasteiger partial charge on any atom is -0.386 e. The van der Waals surface area contributed by atoms with Crippen molar-refractivity contribution in [1.29, 1.82) is 0 Å². The normalized spacial score (nSPS) is 16.7. The molecule has 0 saturated carbocycles. The molecular weight excluding hydrogens is 250 g/mol. The fourth-order valence-corrected chi connectivity index (χ4v) is 2.16. The summed E-state index contributed by atoms with van der Waals surface area (Å²) in [5, 5.41) is 23.2. The van der Waals surface area contributed by atoms with Crippen LogP contribution in [0.4, 0.5) is 11.4 Å². The SMILES string of the molecule is CNC(=O)c1ccc([N+](=O)[O-])c(N2CC(C)(O)C2)c1. The van der Waals surface area contributed by atoms with E-state index < -0.39 is 10.5 Å². The standard InChI is InChI=1S/C12H15N3O4/c1-12(17)6-14(7-12)10-5-8(11(16)13-2)3-4-9(10)15(18)19/h3-5,17H,6-7H2,1-2H3,(H,13,16). The van der Waals surface area contributed by atoms with Crippen LogP contribution in [0.5, 0.6) is 0 Å². The molecule has 2 N–H and O–H groups in total. The van der Waals surface area contributed by atoms with Crippen LogP contribution in [0.2, 0.25) is 0 Å². The molecule has 7 nitrogen and oxygen atoms in total. The summed E-state index contributed by atoms with van der Waals surface area (Å²) in [6, 6.07) is 4.21. The highest BCUT2D eigenvalue weighted by molar-refractivity contribution is 5.95. The summed E-state index contributed by atoms with van der Waals surface area (Å²) in [7, 11) is 1.50. The third kappa shape index (κ3) is 2.50. The number of anilines is 1. The van der Waals surface area contributed by atoms with Crippen LogP contribution in [0.1, 0.15) is 17.3 Å². The van der Waals surface area contributed by atoms with Crippen LogP contribution in [-0.2, 0) is 0 Å². The Bertz CT molecular complexity index is 534. The third-order valence-electron chi connectivity index (χ3n) is 3.07. The minimum atomic E-state index is -0.836. The predicted molar refractivity (Wildman–Crippen MR) is 69.3 cm³/mol. The minimum absolute atomic E-state index is 0.0665. The number of nitro groups is 1. The van der Waals surface area contributed by atoms with Gasteiger partial charge >= 0.3 is 0 Å². The summed E-state index contributed by atoms with van der Waals surface area (Å²) in [4.78, 5) is 23.7. The Morgan fingerprint density at radius 1 is 1.53 bits per heavy atom. The second-order valence-electron chi connectivity index (χ2n) is 4.89. The van der Waals surface area contributed by atoms with E-state index in [9.17, 15) is 20.0 Å². The number of aliphatic hydroxyl groups is 1. The molecule has 0 aliphatic carbocycles. The summed E-state index contributed by atoms with van der Waals surface area (Å²) in [6.07, 6.45) is 0. The second-order valence-corrected chi connectivity index (χ2v) is 4.89. The molecule has 0 atom stereocenters. The van der Waals surface area contributed by atoms with Crippen molar-refractivity contribution in [2.24, 2.45) is 0 Å². The van der Waals surface area contributed by atoms with Gasteiger partial charge in [-0.05, 0) is 19.1 Å². The Hall–Kier alpha value is -2.15. The molecule has 2 rings (SSSR count). The first-order valence-electron chi connectivity index (χ1n) is 5.82. The number of rotatable bonds is 3. The van der Waals surface area contributed by atoms with Gasteiger partial charge in [-0.1, -0.05) is 0 Å². The molecule has 7 heteroatoms. The Morgan fingerprint density at radius 2 is 2.16 bits per heavy atom. The molecule has 0 radical (unpaired) electrons. The zero-order valence-corrected chi connectivity index (χ0v) is 10.7. The number of carbonyl (C=O) groups excluding carboxylic acids is 1. The highest BCUT2D eigenvalue weighted by atomic mass is 16.6. The average molecular weight is 265 g/mol. The highest BCUT2D eigenvalue weighted by Gasteiger charge is 2.39. The van der Waals surface area contributed by atoms with Crippen LogP contribution < -0.4 is 10.2 Å². The molecule has 1 heterocycles. The van der Waals surface area contributed by atoms with Gasteiger partial charge in [0.25, 0.3) is 11.6 Å². The van der Waals surface area contributed by atoms with Crippen LogP contribution in [0.15, 0.2) is 18.2 Å². The van der Waals surface area contributed by atoms with Gasteiger partial charge in [-0.25, -0.2) is 0 Å². The first-order valence-corrected chi connectivity index (χ1v) is 5.82. The van der Waals surface area contributed by atoms with Crippen LogP contribution in [0.25, 0.3) is 0 Å². The maximum Gasteiger partial charge on any atom is 0.292 e. The number of nitrogens with zero attached hydrogens (tertiary/aromatic N) is 2. The number of amides is 1. The van der Waals surface area contributed by atoms with E-state index in [1.807, 2.05) is 0 Å². The number of hydrogen-bond acceptors (Lipinski definition) is 5. The van der Waals surface area contributed by atoms with E-state index in [2.05, 4.69) is 5.32 Å². The van der Waals surface area contributed by atoms with Crippen LogP contribution in [0, 0.1) is 10.1 Å². The smallest absolute Gasteiger partial charge is 0.292 e. The Kier molecular flexibility index (Phi) is 3.15. The molecular formula is C12H15N3O4. The van der Waals surface area contributed by atoms with Crippen molar-refractivity contribution < 1.29 is 14.8 Å². The summed E-state index contributed by atoms with van der Waals surface area (Å²) in [5.74, 6) is -0.302. The summed E-state index contributed by atoms with van der Waals surface area (Å²) < 4.78 is 0. The van der Waals surface area contributed by atoms with E-state index in [1.165, 1.54) is 25.2 Å². The van der Waals surface area contributed by atoms with E-state index in [-0.39, 0.29) is 11.6 Å². The molecule has 102 valence electrons. The predicted octanol–water partition coefficient (Wildman–Crippen LogP) is 0.525. The first-order chi connectivity index (χ1) is 8.84. The highest BCUT2D eigenvalue weighted by Crippen LogP contribution is 2.35. The van der Waals surface area contributed by atoms with Crippen molar-refractivity contribution >= 4 is 17.3 Å². The van der Waals surface area contributed by atoms with E-state index in [4.69, 9.17) is 0 Å². The molecule has 1 aromatic rings. The molecule has 0 bridgehead atoms. The maximum absolute atomic E-state index is 11.6. The number of nitrogens with one attached hydrogen (secondary N) is 1. The van der Waals surface area contributed by atoms with Crippen molar-refractivity contribution in [3.8, 4) is 0 Å². The van der Waals surface area contributed by atoms with Gasteiger partial charge in [0.15, 0.2) is 0 Å². The molecule has 19 heavy (non-hydrogen) atoms. The summed E-state index contributed by atoms with van der Waals surface area (Å²) in [5.41, 5.74) is -0.188. The average Bonchev–Trinajstić information content (AvgIpc) is 2.34. The van der Waals surface area contributed by atoms with Gasteiger partial charge in [-0.3, -0.25) is 14.9 Å². The van der Waals surface area contributed by atoms with E-state index in [0.717, 1.165) is 0 Å². The van der Waals surface area contributed by atoms with Crippen molar-refractivity contribution in [2.75, 3.05) is 25.0 Å². The van der Waals surface area contributed by atoms with Gasteiger partial charge in [-0.2, -0.15) is 0 Å². The van der Waals surface area contributed by atoms with Gasteiger partial charge in [-0.15, -0.1) is 0 Å². The summed E-state index contributed by atoms with van der Waals surface area (Å²) in [6.45, 7) is 2.29.